The Labute approximate surface area is 367 Å². The molecule has 5 rings (SSSR count). The van der Waals surface area contributed by atoms with Crippen LogP contribution in [0.25, 0.3) is 22.5 Å². The van der Waals surface area contributed by atoms with Gasteiger partial charge in [-0.3, -0.25) is 14.4 Å². The van der Waals surface area contributed by atoms with Gasteiger partial charge in [0.15, 0.2) is 23.0 Å². The molecule has 0 bridgehead atoms. The van der Waals surface area contributed by atoms with Crippen molar-refractivity contribution in [3.8, 4) is 45.5 Å². The van der Waals surface area contributed by atoms with Gasteiger partial charge in [-0.1, -0.05) is 33.6 Å². The predicted octanol–water partition coefficient (Wildman–Crippen LogP) is 6.37. The Hall–Kier alpha value is -5.98. The highest BCUT2D eigenvalue weighted by molar-refractivity contribution is 5.75. The number of rotatable bonds is 17. The van der Waals surface area contributed by atoms with Crippen LogP contribution in [0.1, 0.15) is 83.8 Å². The fourth-order valence-corrected chi connectivity index (χ4v) is 4.96. The number of amides is 3. The third-order valence-electron chi connectivity index (χ3n) is 8.19. The van der Waals surface area contributed by atoms with Crippen molar-refractivity contribution >= 4 is 24.9 Å². The average Bonchev–Trinajstić information content (AvgIpc) is 4.02. The van der Waals surface area contributed by atoms with Crippen molar-refractivity contribution in [2.45, 2.75) is 85.0 Å². The number of imidazole rings is 2. The Kier molecular flexibility index (Phi) is 35.6. The number of nitrogens with one attached hydrogen (secondary N) is 4. The summed E-state index contributed by atoms with van der Waals surface area (Å²) in [6.07, 6.45) is 13.6. The molecule has 0 atom stereocenters. The number of ether oxygens (including phenoxy) is 4. The van der Waals surface area contributed by atoms with Crippen molar-refractivity contribution in [2.75, 3.05) is 62.7 Å². The number of aryl methyl sites for hydroxylation is 2. The van der Waals surface area contributed by atoms with E-state index >= 15 is 0 Å². The number of fused-ring (bicyclic) bond motifs is 2. The van der Waals surface area contributed by atoms with Gasteiger partial charge in [0.2, 0.25) is 12.3 Å². The SMILES string of the molecule is CCCC.CCCC(=O)NCCCCc1ncc(-c2ccc3c(c2)Oc2ccc(-c4cnc(CCCCN(C)C=O)[nH]4)cc2O3)[nH]1.CN.CNC(=O)OC.CO.CO.COC=O. The van der Waals surface area contributed by atoms with Crippen molar-refractivity contribution in [1.29, 1.82) is 0 Å². The van der Waals surface area contributed by atoms with Crippen LogP contribution in [0.4, 0.5) is 4.79 Å². The number of carbonyl (C=O) groups is 4. The Morgan fingerprint density at radius 3 is 1.61 bits per heavy atom. The number of alkyl carbamates (subject to hydrolysis) is 1. The van der Waals surface area contributed by atoms with Crippen molar-refractivity contribution in [3.63, 3.8) is 0 Å². The summed E-state index contributed by atoms with van der Waals surface area (Å²) < 4.78 is 20.4. The summed E-state index contributed by atoms with van der Waals surface area (Å²) in [7, 11) is 9.42. The summed E-state index contributed by atoms with van der Waals surface area (Å²) in [6.45, 7) is 8.18. The number of hydrogen-bond donors (Lipinski definition) is 7. The molecule has 0 aliphatic carbocycles. The molecule has 18 heteroatoms. The van der Waals surface area contributed by atoms with Crippen molar-refractivity contribution < 1.29 is 48.3 Å². The lowest BCUT2D eigenvalue weighted by Crippen LogP contribution is -2.23. The maximum absolute atomic E-state index is 11.6. The molecule has 4 aromatic rings. The van der Waals surface area contributed by atoms with Crippen LogP contribution < -0.4 is 25.8 Å². The highest BCUT2D eigenvalue weighted by Gasteiger charge is 2.21. The first-order valence-corrected chi connectivity index (χ1v) is 20.5. The van der Waals surface area contributed by atoms with Crippen molar-refractivity contribution in [1.82, 2.24) is 35.5 Å². The molecule has 0 spiro atoms. The lowest BCUT2D eigenvalue weighted by Gasteiger charge is -2.21. The second-order valence-electron chi connectivity index (χ2n) is 12.7. The van der Waals surface area contributed by atoms with E-state index in [9.17, 15) is 14.4 Å². The lowest BCUT2D eigenvalue weighted by molar-refractivity contribution is -0.126. The summed E-state index contributed by atoms with van der Waals surface area (Å²) >= 11 is 0. The summed E-state index contributed by atoms with van der Waals surface area (Å²) in [5.74, 6) is 4.56. The molecular weight excluding hydrogens is 801 g/mol. The Bertz CT molecular complexity index is 1760. The van der Waals surface area contributed by atoms with Crippen molar-refractivity contribution in [3.05, 3.63) is 60.4 Å². The molecule has 8 N–H and O–H groups in total. The topological polar surface area (TPSA) is 256 Å². The summed E-state index contributed by atoms with van der Waals surface area (Å²) in [5, 5.41) is 19.2. The maximum atomic E-state index is 11.6. The molecule has 0 saturated heterocycles. The second kappa shape index (κ2) is 38.0. The van der Waals surface area contributed by atoms with E-state index in [-0.39, 0.29) is 5.91 Å². The number of benzene rings is 2. The minimum absolute atomic E-state index is 0.120. The van der Waals surface area contributed by atoms with E-state index in [2.05, 4.69) is 59.6 Å². The molecule has 0 saturated carbocycles. The van der Waals surface area contributed by atoms with Gasteiger partial charge < -0.3 is 60.4 Å². The van der Waals surface area contributed by atoms with E-state index in [1.165, 1.54) is 41.2 Å². The van der Waals surface area contributed by atoms with E-state index in [1.54, 1.807) is 11.9 Å². The normalized spacial score (nSPS) is 9.69. The van der Waals surface area contributed by atoms with E-state index < -0.39 is 6.09 Å². The molecular formula is C44H72N8O10. The van der Waals surface area contributed by atoms with Gasteiger partial charge in [-0.05, 0) is 75.5 Å². The number of aromatic nitrogens is 4. The quantitative estimate of drug-likeness (QED) is 0.0396. The zero-order chi connectivity index (χ0) is 47.1. The molecule has 0 radical (unpaired) electrons. The fourth-order valence-electron chi connectivity index (χ4n) is 4.96. The molecule has 1 aliphatic rings. The number of methoxy groups -OCH3 is 2. The summed E-state index contributed by atoms with van der Waals surface area (Å²) in [4.78, 5) is 58.6. The molecule has 0 unspecified atom stereocenters. The first-order valence-electron chi connectivity index (χ1n) is 20.5. The minimum Gasteiger partial charge on any atom is -0.471 e. The molecule has 3 amide bonds. The number of hydrogen-bond acceptors (Lipinski definition) is 13. The molecule has 2 aromatic carbocycles. The van der Waals surface area contributed by atoms with Gasteiger partial charge >= 0.3 is 6.09 Å². The fraction of sp³-hybridized carbons (Fsp3) is 0.500. The predicted molar refractivity (Wildman–Crippen MR) is 242 cm³/mol. The molecule has 1 aliphatic heterocycles. The smallest absolute Gasteiger partial charge is 0.406 e. The highest BCUT2D eigenvalue weighted by atomic mass is 16.6. The highest BCUT2D eigenvalue weighted by Crippen LogP contribution is 2.47. The molecule has 3 heterocycles. The Morgan fingerprint density at radius 1 is 0.774 bits per heavy atom. The standard InChI is InChI=1S/C32H38N6O4.C4H10.C3H7NO2.C2H4O2.CH5N.2CH4O/c1-3-8-32(40)33-15-6-4-9-30-34-19-24(36-30)22-11-13-26-28(17-22)41-27-14-12-23(18-29(27)42-26)25-20-35-31(37-25)10-5-7-16-38(2)21-39;1-3-4-2;1-4-3(5)6-2;1-4-2-3;3*1-2/h11-14,17-21H,3-10,15-16H2,1-2H3,(H,33,40)(H,34,36)(H,35,37);3-4H2,1-2H3;1-2H3,(H,4,5);2H,1H3;2H2,1H3;2*2H,1H3. The van der Waals surface area contributed by atoms with Gasteiger partial charge in [0.25, 0.3) is 6.47 Å². The van der Waals surface area contributed by atoms with Gasteiger partial charge in [-0.15, -0.1) is 0 Å². The number of unbranched alkanes of at least 4 members (excludes halogenated alkanes) is 3. The van der Waals surface area contributed by atoms with Crippen LogP contribution in [0.3, 0.4) is 0 Å². The largest absolute Gasteiger partial charge is 0.471 e. The number of carbonyl (C=O) groups excluding carboxylic acids is 4. The average molecular weight is 873 g/mol. The van der Waals surface area contributed by atoms with Crippen LogP contribution in [0.15, 0.2) is 48.8 Å². The van der Waals surface area contributed by atoms with Crippen LogP contribution in [-0.4, -0.2) is 123 Å². The van der Waals surface area contributed by atoms with E-state index in [0.29, 0.717) is 42.4 Å². The van der Waals surface area contributed by atoms with E-state index in [4.69, 9.17) is 24.5 Å². The molecule has 2 aromatic heterocycles. The van der Waals surface area contributed by atoms with Gasteiger partial charge in [0.1, 0.15) is 11.6 Å². The maximum Gasteiger partial charge on any atom is 0.406 e. The minimum atomic E-state index is -0.407. The summed E-state index contributed by atoms with van der Waals surface area (Å²) in [5.41, 5.74) is 8.26. The Morgan fingerprint density at radius 2 is 1.24 bits per heavy atom. The van der Waals surface area contributed by atoms with Crippen LogP contribution in [-0.2, 0) is 36.7 Å². The summed E-state index contributed by atoms with van der Waals surface area (Å²) in [6, 6.07) is 11.7. The number of H-pyrrole nitrogens is 2. The third kappa shape index (κ3) is 23.7. The monoisotopic (exact) mass is 873 g/mol. The third-order valence-corrected chi connectivity index (χ3v) is 8.19. The number of aliphatic hydroxyl groups is 2. The Balaban J connectivity index is 0. The zero-order valence-corrected chi connectivity index (χ0v) is 38.3. The second-order valence-corrected chi connectivity index (χ2v) is 12.7. The van der Waals surface area contributed by atoms with Crippen LogP contribution >= 0.6 is 0 Å². The molecule has 0 fully saturated rings. The van der Waals surface area contributed by atoms with E-state index in [0.717, 1.165) is 106 Å². The number of aromatic amines is 2. The van der Waals surface area contributed by atoms with Gasteiger partial charge in [-0.2, -0.15) is 0 Å². The molecule has 62 heavy (non-hydrogen) atoms. The van der Waals surface area contributed by atoms with Gasteiger partial charge in [0.05, 0.1) is 38.0 Å². The zero-order valence-electron chi connectivity index (χ0n) is 38.3. The first kappa shape index (κ1) is 58.1. The van der Waals surface area contributed by atoms with Crippen molar-refractivity contribution in [2.24, 2.45) is 5.73 Å². The van der Waals surface area contributed by atoms with Crippen LogP contribution in [0.2, 0.25) is 0 Å². The molecule has 18 nitrogen and oxygen atoms in total. The van der Waals surface area contributed by atoms with Crippen LogP contribution in [0.5, 0.6) is 23.0 Å². The molecule has 348 valence electrons. The lowest BCUT2D eigenvalue weighted by atomic mass is 10.1. The van der Waals surface area contributed by atoms with Gasteiger partial charge in [-0.25, -0.2) is 14.8 Å². The van der Waals surface area contributed by atoms with E-state index in [1.807, 2.05) is 55.7 Å². The van der Waals surface area contributed by atoms with Gasteiger partial charge in [0, 0.05) is 71.8 Å². The first-order chi connectivity index (χ1) is 30.2. The van der Waals surface area contributed by atoms with Crippen LogP contribution in [0, 0.1) is 0 Å². The number of nitrogens with zero attached hydrogens (tertiary/aromatic N) is 3. The number of aliphatic hydroxyl groups excluding tert-OH is 2. The number of nitrogens with two attached hydrogens (primary N) is 1.